The highest BCUT2D eigenvalue weighted by atomic mass is 35.5. The van der Waals surface area contributed by atoms with E-state index in [1.165, 1.54) is 6.42 Å². The molecule has 148 valence electrons. The Morgan fingerprint density at radius 1 is 0.769 bits per heavy atom. The number of aromatic hydroxyl groups is 2. The SMILES string of the molecule is CCCCCCCc1c(Cl)c(O)c(O)c(C(=O)O)c1CCCCCCC. The quantitative estimate of drug-likeness (QED) is 0.269. The lowest BCUT2D eigenvalue weighted by Crippen LogP contribution is -2.08. The number of carboxylic acid groups (broad SMARTS) is 1. The average molecular weight is 385 g/mol. The Kier molecular flexibility index (Phi) is 10.5. The minimum atomic E-state index is -1.22. The third-order valence-electron chi connectivity index (χ3n) is 4.87. The maximum Gasteiger partial charge on any atom is 0.339 e. The number of rotatable bonds is 13. The molecule has 0 fully saturated rings. The number of carboxylic acids is 1. The summed E-state index contributed by atoms with van der Waals surface area (Å²) in [6, 6.07) is 0. The van der Waals surface area contributed by atoms with Crippen molar-refractivity contribution in [2.45, 2.75) is 90.9 Å². The zero-order valence-corrected chi connectivity index (χ0v) is 16.9. The van der Waals surface area contributed by atoms with Gasteiger partial charge in [0.05, 0.1) is 5.02 Å². The summed E-state index contributed by atoms with van der Waals surface area (Å²) in [7, 11) is 0. The van der Waals surface area contributed by atoms with E-state index in [-0.39, 0.29) is 10.6 Å². The van der Waals surface area contributed by atoms with Crippen LogP contribution in [0.25, 0.3) is 0 Å². The Hall–Kier alpha value is -1.42. The van der Waals surface area contributed by atoms with Crippen molar-refractivity contribution < 1.29 is 20.1 Å². The van der Waals surface area contributed by atoms with E-state index >= 15 is 0 Å². The van der Waals surface area contributed by atoms with Gasteiger partial charge < -0.3 is 15.3 Å². The van der Waals surface area contributed by atoms with Crippen molar-refractivity contribution in [2.75, 3.05) is 0 Å². The summed E-state index contributed by atoms with van der Waals surface area (Å²) >= 11 is 6.28. The average Bonchev–Trinajstić information content (AvgIpc) is 2.61. The molecule has 1 aromatic carbocycles. The Bertz CT molecular complexity index is 584. The summed E-state index contributed by atoms with van der Waals surface area (Å²) in [4.78, 5) is 11.7. The molecule has 3 N–H and O–H groups in total. The molecular weight excluding hydrogens is 352 g/mol. The maximum atomic E-state index is 11.7. The van der Waals surface area contributed by atoms with E-state index in [0.717, 1.165) is 57.8 Å². The molecule has 0 heterocycles. The number of carbonyl (C=O) groups is 1. The van der Waals surface area contributed by atoms with E-state index in [2.05, 4.69) is 13.8 Å². The molecule has 26 heavy (non-hydrogen) atoms. The lowest BCUT2D eigenvalue weighted by atomic mass is 9.91. The summed E-state index contributed by atoms with van der Waals surface area (Å²) in [6.07, 6.45) is 11.9. The molecule has 0 saturated heterocycles. The predicted molar refractivity (Wildman–Crippen MR) is 107 cm³/mol. The van der Waals surface area contributed by atoms with Gasteiger partial charge >= 0.3 is 5.97 Å². The molecule has 0 aliphatic heterocycles. The minimum absolute atomic E-state index is 0.103. The standard InChI is InChI=1S/C21H33ClO4/c1-3-5-7-9-11-13-15-16(14-12-10-8-6-4-2)18(22)20(24)19(23)17(15)21(25)26/h23-24H,3-14H2,1-2H3,(H,25,26). The van der Waals surface area contributed by atoms with Crippen molar-refractivity contribution in [1.29, 1.82) is 0 Å². The summed E-state index contributed by atoms with van der Waals surface area (Å²) < 4.78 is 0. The molecular formula is C21H33ClO4. The maximum absolute atomic E-state index is 11.7. The molecule has 5 heteroatoms. The number of phenolic OH excluding ortho intramolecular Hbond substituents is 1. The lowest BCUT2D eigenvalue weighted by molar-refractivity contribution is 0.0691. The Balaban J connectivity index is 3.04. The van der Waals surface area contributed by atoms with Gasteiger partial charge in [-0.2, -0.15) is 0 Å². The fourth-order valence-corrected chi connectivity index (χ4v) is 3.67. The molecule has 1 aromatic rings. The van der Waals surface area contributed by atoms with E-state index in [9.17, 15) is 20.1 Å². The van der Waals surface area contributed by atoms with Crippen molar-refractivity contribution in [1.82, 2.24) is 0 Å². The number of hydrogen-bond donors (Lipinski definition) is 3. The third-order valence-corrected chi connectivity index (χ3v) is 5.28. The molecule has 0 bridgehead atoms. The van der Waals surface area contributed by atoms with Crippen molar-refractivity contribution in [3.8, 4) is 11.5 Å². The highest BCUT2D eigenvalue weighted by Crippen LogP contribution is 2.43. The van der Waals surface area contributed by atoms with Crippen LogP contribution in [0.15, 0.2) is 0 Å². The predicted octanol–water partition coefficient (Wildman–Crippen LogP) is 6.48. The van der Waals surface area contributed by atoms with Crippen LogP contribution in [-0.2, 0) is 12.8 Å². The Morgan fingerprint density at radius 2 is 1.23 bits per heavy atom. The van der Waals surface area contributed by atoms with E-state index in [0.29, 0.717) is 24.0 Å². The largest absolute Gasteiger partial charge is 0.504 e. The lowest BCUT2D eigenvalue weighted by Gasteiger charge is -2.18. The topological polar surface area (TPSA) is 77.8 Å². The highest BCUT2D eigenvalue weighted by molar-refractivity contribution is 6.33. The van der Waals surface area contributed by atoms with E-state index < -0.39 is 17.5 Å². The van der Waals surface area contributed by atoms with Crippen LogP contribution in [0, 0.1) is 0 Å². The van der Waals surface area contributed by atoms with Crippen LogP contribution in [0.5, 0.6) is 11.5 Å². The molecule has 0 aromatic heterocycles. The number of halogens is 1. The highest BCUT2D eigenvalue weighted by Gasteiger charge is 2.26. The van der Waals surface area contributed by atoms with Crippen LogP contribution >= 0.6 is 11.6 Å². The van der Waals surface area contributed by atoms with Crippen molar-refractivity contribution >= 4 is 17.6 Å². The summed E-state index contributed by atoms with van der Waals surface area (Å²) in [5.74, 6) is -2.34. The van der Waals surface area contributed by atoms with Crippen molar-refractivity contribution in [3.05, 3.63) is 21.7 Å². The smallest absolute Gasteiger partial charge is 0.339 e. The van der Waals surface area contributed by atoms with Gasteiger partial charge in [0.2, 0.25) is 0 Å². The number of benzene rings is 1. The van der Waals surface area contributed by atoms with Gasteiger partial charge in [0.1, 0.15) is 5.56 Å². The third kappa shape index (κ3) is 6.39. The van der Waals surface area contributed by atoms with Gasteiger partial charge in [-0.25, -0.2) is 4.79 Å². The molecule has 0 atom stereocenters. The summed E-state index contributed by atoms with van der Waals surface area (Å²) in [5, 5.41) is 29.9. The monoisotopic (exact) mass is 384 g/mol. The molecule has 0 amide bonds. The molecule has 0 unspecified atom stereocenters. The van der Waals surface area contributed by atoms with Gasteiger partial charge in [-0.15, -0.1) is 0 Å². The minimum Gasteiger partial charge on any atom is -0.504 e. The van der Waals surface area contributed by atoms with Gasteiger partial charge in [0, 0.05) is 0 Å². The zero-order chi connectivity index (χ0) is 19.5. The van der Waals surface area contributed by atoms with Gasteiger partial charge in [-0.1, -0.05) is 76.8 Å². The van der Waals surface area contributed by atoms with E-state index in [4.69, 9.17) is 11.6 Å². The fraction of sp³-hybridized carbons (Fsp3) is 0.667. The van der Waals surface area contributed by atoms with E-state index in [1.807, 2.05) is 0 Å². The van der Waals surface area contributed by atoms with Crippen LogP contribution in [0.4, 0.5) is 0 Å². The Labute approximate surface area is 162 Å². The van der Waals surface area contributed by atoms with Crippen LogP contribution in [-0.4, -0.2) is 21.3 Å². The van der Waals surface area contributed by atoms with Crippen LogP contribution < -0.4 is 0 Å². The molecule has 0 radical (unpaired) electrons. The van der Waals surface area contributed by atoms with Crippen LogP contribution in [0.3, 0.4) is 0 Å². The van der Waals surface area contributed by atoms with Gasteiger partial charge in [0.25, 0.3) is 0 Å². The molecule has 0 saturated carbocycles. The van der Waals surface area contributed by atoms with E-state index in [1.54, 1.807) is 0 Å². The molecule has 4 nitrogen and oxygen atoms in total. The van der Waals surface area contributed by atoms with Crippen molar-refractivity contribution in [3.63, 3.8) is 0 Å². The first-order chi connectivity index (χ1) is 12.5. The normalized spacial score (nSPS) is 11.0. The second-order valence-corrected chi connectivity index (χ2v) is 7.35. The zero-order valence-electron chi connectivity index (χ0n) is 16.1. The summed E-state index contributed by atoms with van der Waals surface area (Å²) in [6.45, 7) is 4.31. The Morgan fingerprint density at radius 3 is 1.69 bits per heavy atom. The number of phenols is 2. The van der Waals surface area contributed by atoms with Gasteiger partial charge in [-0.05, 0) is 36.8 Å². The first-order valence-electron chi connectivity index (χ1n) is 9.94. The first-order valence-corrected chi connectivity index (χ1v) is 10.3. The second kappa shape index (κ2) is 12.1. The van der Waals surface area contributed by atoms with Crippen LogP contribution in [0.2, 0.25) is 5.02 Å². The first kappa shape index (κ1) is 22.6. The number of hydrogen-bond acceptors (Lipinski definition) is 3. The molecule has 1 rings (SSSR count). The fourth-order valence-electron chi connectivity index (χ4n) is 3.37. The van der Waals surface area contributed by atoms with Gasteiger partial charge in [0.15, 0.2) is 11.5 Å². The second-order valence-electron chi connectivity index (χ2n) is 6.98. The summed E-state index contributed by atoms with van der Waals surface area (Å²) in [5.41, 5.74) is 1.09. The van der Waals surface area contributed by atoms with Gasteiger partial charge in [-0.3, -0.25) is 0 Å². The van der Waals surface area contributed by atoms with Crippen molar-refractivity contribution in [2.24, 2.45) is 0 Å². The molecule has 0 spiro atoms. The molecule has 0 aliphatic rings. The number of aromatic carboxylic acids is 1. The molecule has 0 aliphatic carbocycles. The number of unbranched alkanes of at least 4 members (excludes halogenated alkanes) is 8. The van der Waals surface area contributed by atoms with Crippen LogP contribution in [0.1, 0.15) is 99.5 Å².